The summed E-state index contributed by atoms with van der Waals surface area (Å²) in [5, 5.41) is 8.07. The Kier molecular flexibility index (Phi) is 4.62. The highest BCUT2D eigenvalue weighted by molar-refractivity contribution is 5.14. The van der Waals surface area contributed by atoms with Crippen LogP contribution in [0.1, 0.15) is 24.4 Å². The van der Waals surface area contributed by atoms with E-state index in [1.807, 2.05) is 18.5 Å². The van der Waals surface area contributed by atoms with Crippen molar-refractivity contribution in [2.24, 2.45) is 13.0 Å². The lowest BCUT2D eigenvalue weighted by Crippen LogP contribution is -2.35. The van der Waals surface area contributed by atoms with Crippen LogP contribution in [0.2, 0.25) is 0 Å². The van der Waals surface area contributed by atoms with Gasteiger partial charge in [0, 0.05) is 19.4 Å². The number of hydrogen-bond donors (Lipinski definition) is 0. The topological polar surface area (TPSA) is 69.0 Å². The third-order valence-corrected chi connectivity index (χ3v) is 4.17. The monoisotopic (exact) mass is 302 g/mol. The van der Waals surface area contributed by atoms with Gasteiger partial charge in [0.15, 0.2) is 0 Å². The van der Waals surface area contributed by atoms with Crippen molar-refractivity contribution < 1.29 is 4.74 Å². The summed E-state index contributed by atoms with van der Waals surface area (Å²) in [4.78, 5) is 10.8. The number of rotatable bonds is 5. The molecular formula is C15H22N6O. The maximum atomic E-state index is 5.82. The highest BCUT2D eigenvalue weighted by Crippen LogP contribution is 2.20. The van der Waals surface area contributed by atoms with Crippen LogP contribution >= 0.6 is 0 Å². The van der Waals surface area contributed by atoms with Crippen molar-refractivity contribution >= 4 is 0 Å². The quantitative estimate of drug-likeness (QED) is 0.827. The molecule has 0 aliphatic carbocycles. The molecule has 2 aromatic heterocycles. The van der Waals surface area contributed by atoms with Crippen molar-refractivity contribution in [2.45, 2.75) is 26.3 Å². The van der Waals surface area contributed by atoms with Crippen molar-refractivity contribution in [1.29, 1.82) is 0 Å². The molecule has 0 spiro atoms. The molecule has 7 heteroatoms. The maximum absolute atomic E-state index is 5.82. The molecule has 0 radical (unpaired) electrons. The van der Waals surface area contributed by atoms with E-state index in [1.165, 1.54) is 0 Å². The highest BCUT2D eigenvalue weighted by atomic mass is 16.5. The largest absolute Gasteiger partial charge is 0.476 e. The van der Waals surface area contributed by atoms with Gasteiger partial charge in [0.2, 0.25) is 5.88 Å². The summed E-state index contributed by atoms with van der Waals surface area (Å²) in [7, 11) is 1.99. The molecular weight excluding hydrogens is 280 g/mol. The molecule has 1 fully saturated rings. The summed E-state index contributed by atoms with van der Waals surface area (Å²) in [6.45, 7) is 5.65. The van der Waals surface area contributed by atoms with E-state index in [0.29, 0.717) is 11.8 Å². The molecule has 7 nitrogen and oxygen atoms in total. The fourth-order valence-corrected chi connectivity index (χ4v) is 2.69. The van der Waals surface area contributed by atoms with E-state index in [1.54, 1.807) is 18.7 Å². The minimum absolute atomic E-state index is 0.581. The van der Waals surface area contributed by atoms with Crippen LogP contribution in [0.4, 0.5) is 0 Å². The maximum Gasteiger partial charge on any atom is 0.235 e. The number of hydrogen-bond acceptors (Lipinski definition) is 6. The summed E-state index contributed by atoms with van der Waals surface area (Å²) in [6, 6.07) is 0. The summed E-state index contributed by atoms with van der Waals surface area (Å²) in [5.41, 5.74) is 0.849. The normalized spacial score (nSPS) is 16.8. The molecule has 22 heavy (non-hydrogen) atoms. The van der Waals surface area contributed by atoms with Gasteiger partial charge < -0.3 is 9.30 Å². The molecule has 0 aromatic carbocycles. The first-order valence-electron chi connectivity index (χ1n) is 7.68. The van der Waals surface area contributed by atoms with Gasteiger partial charge in [-0.2, -0.15) is 0 Å². The predicted molar refractivity (Wildman–Crippen MR) is 81.3 cm³/mol. The lowest BCUT2D eigenvalue weighted by atomic mass is 9.98. The van der Waals surface area contributed by atoms with E-state index in [9.17, 15) is 0 Å². The Morgan fingerprint density at radius 2 is 2.00 bits per heavy atom. The van der Waals surface area contributed by atoms with Crippen LogP contribution in [0.3, 0.4) is 0 Å². The van der Waals surface area contributed by atoms with E-state index in [-0.39, 0.29) is 0 Å². The van der Waals surface area contributed by atoms with E-state index < -0.39 is 0 Å². The van der Waals surface area contributed by atoms with Gasteiger partial charge in [-0.15, -0.1) is 10.2 Å². The summed E-state index contributed by atoms with van der Waals surface area (Å²) < 4.78 is 7.80. The van der Waals surface area contributed by atoms with Gasteiger partial charge in [0.25, 0.3) is 0 Å². The molecule has 0 saturated carbocycles. The predicted octanol–water partition coefficient (Wildman–Crippen LogP) is 1.20. The zero-order chi connectivity index (χ0) is 15.4. The van der Waals surface area contributed by atoms with Gasteiger partial charge in [-0.25, -0.2) is 4.98 Å². The van der Waals surface area contributed by atoms with Crippen LogP contribution in [-0.2, 0) is 13.6 Å². The van der Waals surface area contributed by atoms with Crippen LogP contribution in [0.5, 0.6) is 5.88 Å². The summed E-state index contributed by atoms with van der Waals surface area (Å²) in [6.07, 6.45) is 7.38. The fraction of sp³-hybridized carbons (Fsp3) is 0.600. The van der Waals surface area contributed by atoms with Crippen LogP contribution in [0.15, 0.2) is 18.7 Å². The molecule has 2 aromatic rings. The first-order chi connectivity index (χ1) is 10.7. The van der Waals surface area contributed by atoms with Gasteiger partial charge in [0.1, 0.15) is 12.2 Å². The second-order valence-electron chi connectivity index (χ2n) is 5.84. The van der Waals surface area contributed by atoms with Crippen molar-refractivity contribution in [1.82, 2.24) is 29.6 Å². The number of aromatic nitrogens is 5. The molecule has 0 N–H and O–H groups in total. The highest BCUT2D eigenvalue weighted by Gasteiger charge is 2.21. The fourth-order valence-electron chi connectivity index (χ4n) is 2.69. The third kappa shape index (κ3) is 3.59. The van der Waals surface area contributed by atoms with E-state index in [2.05, 4.69) is 25.1 Å². The van der Waals surface area contributed by atoms with Gasteiger partial charge >= 0.3 is 0 Å². The van der Waals surface area contributed by atoms with Crippen molar-refractivity contribution in [2.75, 3.05) is 19.7 Å². The second kappa shape index (κ2) is 6.83. The Morgan fingerprint density at radius 3 is 2.68 bits per heavy atom. The minimum Gasteiger partial charge on any atom is -0.476 e. The Balaban J connectivity index is 1.44. The summed E-state index contributed by atoms with van der Waals surface area (Å²) >= 11 is 0. The van der Waals surface area contributed by atoms with Crippen LogP contribution in [0.25, 0.3) is 0 Å². The van der Waals surface area contributed by atoms with Gasteiger partial charge in [-0.1, -0.05) is 0 Å². The average Bonchev–Trinajstić information content (AvgIpc) is 2.93. The minimum atomic E-state index is 0.581. The number of likely N-dealkylation sites (tertiary alicyclic amines) is 1. The molecule has 1 aliphatic heterocycles. The first-order valence-corrected chi connectivity index (χ1v) is 7.68. The molecule has 0 amide bonds. The third-order valence-electron chi connectivity index (χ3n) is 4.17. The number of aryl methyl sites for hydroxylation is 2. The summed E-state index contributed by atoms with van der Waals surface area (Å²) in [5.74, 6) is 2.26. The first kappa shape index (κ1) is 14.9. The van der Waals surface area contributed by atoms with Crippen LogP contribution in [0, 0.1) is 12.8 Å². The lowest BCUT2D eigenvalue weighted by molar-refractivity contribution is 0.131. The molecule has 1 saturated heterocycles. The molecule has 0 bridgehead atoms. The van der Waals surface area contributed by atoms with E-state index in [0.717, 1.165) is 50.6 Å². The average molecular weight is 302 g/mol. The molecule has 0 unspecified atom stereocenters. The molecule has 118 valence electrons. The number of ether oxygens (including phenoxy) is 1. The zero-order valence-corrected chi connectivity index (χ0v) is 13.1. The van der Waals surface area contributed by atoms with Gasteiger partial charge in [-0.05, 0) is 38.8 Å². The smallest absolute Gasteiger partial charge is 0.235 e. The Bertz CT molecular complexity index is 606. The second-order valence-corrected chi connectivity index (χ2v) is 5.84. The molecule has 0 atom stereocenters. The molecule has 3 rings (SSSR count). The van der Waals surface area contributed by atoms with E-state index in [4.69, 9.17) is 4.74 Å². The number of nitrogens with zero attached hydrogens (tertiary/aromatic N) is 6. The standard InChI is InChI=1S/C15H22N6O/c1-12-15(17-6-5-16-12)22-10-13-3-7-21(8-4-13)9-14-19-18-11-20(14)2/h5-6,11,13H,3-4,7-10H2,1-2H3. The van der Waals surface area contributed by atoms with Crippen LogP contribution in [-0.4, -0.2) is 49.3 Å². The molecule has 3 heterocycles. The Labute approximate surface area is 130 Å². The number of piperidine rings is 1. The van der Waals surface area contributed by atoms with Crippen molar-refractivity contribution in [3.8, 4) is 5.88 Å². The SMILES string of the molecule is Cc1nccnc1OCC1CCN(Cc2nncn2C)CC1. The Morgan fingerprint density at radius 1 is 1.23 bits per heavy atom. The zero-order valence-electron chi connectivity index (χ0n) is 13.1. The van der Waals surface area contributed by atoms with E-state index >= 15 is 0 Å². The molecule has 1 aliphatic rings. The van der Waals surface area contributed by atoms with Crippen LogP contribution < -0.4 is 4.74 Å². The van der Waals surface area contributed by atoms with Crippen molar-refractivity contribution in [3.63, 3.8) is 0 Å². The Hall–Kier alpha value is -2.02. The van der Waals surface area contributed by atoms with Gasteiger partial charge in [0.05, 0.1) is 18.8 Å². The van der Waals surface area contributed by atoms with Gasteiger partial charge in [-0.3, -0.25) is 9.88 Å². The van der Waals surface area contributed by atoms with Crippen molar-refractivity contribution in [3.05, 3.63) is 30.2 Å². The lowest BCUT2D eigenvalue weighted by Gasteiger charge is -2.31.